The van der Waals surface area contributed by atoms with Crippen LogP contribution in [0.2, 0.25) is 0 Å². The Hall–Kier alpha value is -4.70. The predicted molar refractivity (Wildman–Crippen MR) is 149 cm³/mol. The first-order valence-electron chi connectivity index (χ1n) is 12.4. The summed E-state index contributed by atoms with van der Waals surface area (Å²) < 4.78 is 18.5. The third-order valence-electron chi connectivity index (χ3n) is 6.72. The van der Waals surface area contributed by atoms with Crippen LogP contribution in [0.25, 0.3) is 33.1 Å². The van der Waals surface area contributed by atoms with Gasteiger partial charge in [-0.3, -0.25) is 0 Å². The van der Waals surface area contributed by atoms with Gasteiger partial charge in [0, 0.05) is 36.0 Å². The molecule has 0 fully saturated rings. The molecule has 0 radical (unpaired) electrons. The molecule has 1 aliphatic heterocycles. The molecule has 0 bridgehead atoms. The van der Waals surface area contributed by atoms with Crippen LogP contribution in [0.1, 0.15) is 13.8 Å². The van der Waals surface area contributed by atoms with Crippen LogP contribution in [0.3, 0.4) is 0 Å². The smallest absolute Gasteiger partial charge is 0.246 e. The predicted octanol–water partition coefficient (Wildman–Crippen LogP) is 9.23. The van der Waals surface area contributed by atoms with Crippen molar-refractivity contribution in [2.45, 2.75) is 19.6 Å². The summed E-state index contributed by atoms with van der Waals surface area (Å²) in [5.74, 6) is 0.844. The highest BCUT2D eigenvalue weighted by Gasteiger charge is 2.32. The van der Waals surface area contributed by atoms with Gasteiger partial charge < -0.3 is 18.8 Å². The summed E-state index contributed by atoms with van der Waals surface area (Å²) in [7, 11) is 0. The van der Waals surface area contributed by atoms with E-state index >= 15 is 0 Å². The van der Waals surface area contributed by atoms with Gasteiger partial charge in [-0.05, 0) is 65.7 Å². The first kappa shape index (κ1) is 21.6. The van der Waals surface area contributed by atoms with Crippen LogP contribution in [-0.4, -0.2) is 5.79 Å². The summed E-state index contributed by atoms with van der Waals surface area (Å²) in [6.45, 7) is 3.85. The zero-order valence-corrected chi connectivity index (χ0v) is 20.6. The van der Waals surface area contributed by atoms with E-state index in [2.05, 4.69) is 89.8 Å². The van der Waals surface area contributed by atoms with Crippen LogP contribution in [0.5, 0.6) is 11.5 Å². The van der Waals surface area contributed by atoms with Gasteiger partial charge in [0.15, 0.2) is 17.1 Å². The number of nitrogens with zero attached hydrogens (tertiary/aromatic N) is 1. The Morgan fingerprint density at radius 2 is 1.22 bits per heavy atom. The Kier molecular flexibility index (Phi) is 4.76. The molecule has 0 saturated heterocycles. The lowest BCUT2D eigenvalue weighted by Crippen LogP contribution is -2.29. The SMILES string of the molecule is CC1(C)Oc2ccc(-c3cc(N(c4ccccc4)c4ccccc4)c4oc5ccccc5c4c3)cc2O1. The van der Waals surface area contributed by atoms with Gasteiger partial charge >= 0.3 is 0 Å². The lowest BCUT2D eigenvalue weighted by Gasteiger charge is -2.26. The summed E-state index contributed by atoms with van der Waals surface area (Å²) >= 11 is 0. The van der Waals surface area contributed by atoms with Crippen molar-refractivity contribution < 1.29 is 13.9 Å². The number of fused-ring (bicyclic) bond motifs is 4. The fraction of sp³-hybridized carbons (Fsp3) is 0.0909. The van der Waals surface area contributed by atoms with Crippen molar-refractivity contribution in [1.82, 2.24) is 0 Å². The van der Waals surface area contributed by atoms with Gasteiger partial charge in [0.25, 0.3) is 0 Å². The van der Waals surface area contributed by atoms with E-state index in [4.69, 9.17) is 13.9 Å². The Labute approximate surface area is 215 Å². The van der Waals surface area contributed by atoms with Crippen LogP contribution < -0.4 is 14.4 Å². The van der Waals surface area contributed by atoms with E-state index < -0.39 is 5.79 Å². The molecule has 0 saturated carbocycles. The van der Waals surface area contributed by atoms with Crippen molar-refractivity contribution in [2.75, 3.05) is 4.90 Å². The number of benzene rings is 5. The van der Waals surface area contributed by atoms with E-state index in [0.717, 1.165) is 61.6 Å². The average Bonchev–Trinajstić information content (AvgIpc) is 3.45. The van der Waals surface area contributed by atoms with E-state index in [1.54, 1.807) is 0 Å². The van der Waals surface area contributed by atoms with E-state index in [-0.39, 0.29) is 0 Å². The van der Waals surface area contributed by atoms with Gasteiger partial charge in [-0.1, -0.05) is 60.7 Å². The van der Waals surface area contributed by atoms with Gasteiger partial charge in [0.05, 0.1) is 5.69 Å². The molecule has 180 valence electrons. The molecule has 0 spiro atoms. The molecule has 0 unspecified atom stereocenters. The fourth-order valence-corrected chi connectivity index (χ4v) is 5.13. The van der Waals surface area contributed by atoms with E-state index in [1.807, 2.05) is 44.2 Å². The van der Waals surface area contributed by atoms with Crippen LogP contribution in [-0.2, 0) is 0 Å². The molecule has 0 aliphatic carbocycles. The maximum atomic E-state index is 6.51. The summed E-state index contributed by atoms with van der Waals surface area (Å²) in [5.41, 5.74) is 6.92. The number of hydrogen-bond acceptors (Lipinski definition) is 4. The van der Waals surface area contributed by atoms with E-state index in [1.165, 1.54) is 0 Å². The minimum Gasteiger partial charge on any atom is -0.454 e. The maximum Gasteiger partial charge on any atom is 0.246 e. The number of hydrogen-bond donors (Lipinski definition) is 0. The number of anilines is 3. The average molecular weight is 484 g/mol. The van der Waals surface area contributed by atoms with Gasteiger partial charge in [-0.15, -0.1) is 0 Å². The van der Waals surface area contributed by atoms with Crippen molar-refractivity contribution in [1.29, 1.82) is 0 Å². The molecule has 2 heterocycles. The second-order valence-corrected chi connectivity index (χ2v) is 9.74. The molecule has 0 N–H and O–H groups in total. The third kappa shape index (κ3) is 3.69. The molecule has 4 nitrogen and oxygen atoms in total. The Morgan fingerprint density at radius 3 is 1.95 bits per heavy atom. The second kappa shape index (κ2) is 8.17. The monoisotopic (exact) mass is 483 g/mol. The molecule has 37 heavy (non-hydrogen) atoms. The lowest BCUT2D eigenvalue weighted by atomic mass is 10.00. The summed E-state index contributed by atoms with van der Waals surface area (Å²) in [6.07, 6.45) is 0. The van der Waals surface area contributed by atoms with Gasteiger partial charge in [0.1, 0.15) is 5.58 Å². The van der Waals surface area contributed by atoms with Crippen molar-refractivity contribution >= 4 is 39.0 Å². The molecule has 1 aromatic heterocycles. The largest absolute Gasteiger partial charge is 0.454 e. The van der Waals surface area contributed by atoms with Gasteiger partial charge in [0.2, 0.25) is 5.79 Å². The standard InChI is InChI=1S/C33H25NO3/c1-33(2)36-30-18-17-22(21-31(30)37-33)23-19-27-26-15-9-10-16-29(26)35-32(27)28(20-23)34(24-11-5-3-6-12-24)25-13-7-4-8-14-25/h3-21H,1-2H3. The summed E-state index contributed by atoms with van der Waals surface area (Å²) in [4.78, 5) is 2.25. The minimum absolute atomic E-state index is 0.672. The maximum absolute atomic E-state index is 6.51. The van der Waals surface area contributed by atoms with Gasteiger partial charge in [-0.2, -0.15) is 0 Å². The fourth-order valence-electron chi connectivity index (χ4n) is 5.13. The van der Waals surface area contributed by atoms with Crippen LogP contribution in [0.15, 0.2) is 120 Å². The normalized spacial score (nSPS) is 13.8. The number of ether oxygens (including phenoxy) is 2. The first-order chi connectivity index (χ1) is 18.1. The lowest BCUT2D eigenvalue weighted by molar-refractivity contribution is -0.0431. The molecular weight excluding hydrogens is 458 g/mol. The number of rotatable bonds is 4. The number of furan rings is 1. The quantitative estimate of drug-likeness (QED) is 0.250. The highest BCUT2D eigenvalue weighted by Crippen LogP contribution is 2.46. The van der Waals surface area contributed by atoms with Crippen molar-refractivity contribution in [3.8, 4) is 22.6 Å². The third-order valence-corrected chi connectivity index (χ3v) is 6.72. The Balaban J connectivity index is 1.51. The molecule has 0 amide bonds. The molecule has 7 rings (SSSR count). The number of para-hydroxylation sites is 3. The summed E-state index contributed by atoms with van der Waals surface area (Å²) in [6, 6.07) is 39.6. The van der Waals surface area contributed by atoms with Crippen molar-refractivity contribution in [2.24, 2.45) is 0 Å². The van der Waals surface area contributed by atoms with E-state index in [9.17, 15) is 0 Å². The van der Waals surface area contributed by atoms with Crippen LogP contribution in [0, 0.1) is 0 Å². The minimum atomic E-state index is -0.672. The Bertz CT molecular complexity index is 1710. The zero-order valence-electron chi connectivity index (χ0n) is 20.6. The van der Waals surface area contributed by atoms with E-state index in [0.29, 0.717) is 0 Å². The highest BCUT2D eigenvalue weighted by molar-refractivity contribution is 6.12. The summed E-state index contributed by atoms with van der Waals surface area (Å²) in [5, 5.41) is 2.15. The molecule has 1 aliphatic rings. The molecule has 5 aromatic carbocycles. The topological polar surface area (TPSA) is 34.8 Å². The second-order valence-electron chi connectivity index (χ2n) is 9.74. The van der Waals surface area contributed by atoms with Crippen LogP contribution >= 0.6 is 0 Å². The van der Waals surface area contributed by atoms with Crippen molar-refractivity contribution in [3.05, 3.63) is 115 Å². The molecule has 6 aromatic rings. The molecule has 4 heteroatoms. The van der Waals surface area contributed by atoms with Crippen molar-refractivity contribution in [3.63, 3.8) is 0 Å². The Morgan fingerprint density at radius 1 is 0.568 bits per heavy atom. The van der Waals surface area contributed by atoms with Crippen LogP contribution in [0.4, 0.5) is 17.1 Å². The molecule has 0 atom stereocenters. The molecular formula is C33H25NO3. The van der Waals surface area contributed by atoms with Gasteiger partial charge in [-0.25, -0.2) is 0 Å². The first-order valence-corrected chi connectivity index (χ1v) is 12.4. The zero-order chi connectivity index (χ0) is 25.0. The highest BCUT2D eigenvalue weighted by atomic mass is 16.7.